The van der Waals surface area contributed by atoms with Gasteiger partial charge in [-0.1, -0.05) is 33.1 Å². The van der Waals surface area contributed by atoms with Crippen molar-refractivity contribution in [2.24, 2.45) is 0 Å². The largest absolute Gasteiger partial charge is 0.369 e. The summed E-state index contributed by atoms with van der Waals surface area (Å²) in [6.07, 6.45) is 11.8. The number of hydrogen-bond acceptors (Lipinski definition) is 4. The number of hydrogen-bond donors (Lipinski definition) is 2. The lowest BCUT2D eigenvalue weighted by Gasteiger charge is -2.10. The molecule has 2 N–H and O–H groups in total. The smallest absolute Gasteiger partial charge is 0.180 e. The van der Waals surface area contributed by atoms with Crippen molar-refractivity contribution in [3.63, 3.8) is 0 Å². The van der Waals surface area contributed by atoms with E-state index in [1.807, 2.05) is 23.0 Å². The molecule has 0 aliphatic heterocycles. The van der Waals surface area contributed by atoms with Gasteiger partial charge in [0.1, 0.15) is 5.82 Å². The third-order valence-corrected chi connectivity index (χ3v) is 3.25. The van der Waals surface area contributed by atoms with Gasteiger partial charge in [-0.3, -0.25) is 0 Å². The van der Waals surface area contributed by atoms with Crippen molar-refractivity contribution in [2.45, 2.75) is 46.0 Å². The summed E-state index contributed by atoms with van der Waals surface area (Å²) >= 11 is 0. The zero-order valence-corrected chi connectivity index (χ0v) is 12.5. The van der Waals surface area contributed by atoms with E-state index in [4.69, 9.17) is 0 Å². The number of aromatic nitrogens is 3. The van der Waals surface area contributed by atoms with E-state index in [1.165, 1.54) is 25.7 Å². The molecule has 5 nitrogen and oxygen atoms in total. The van der Waals surface area contributed by atoms with Crippen molar-refractivity contribution in [1.29, 1.82) is 0 Å². The first-order valence-corrected chi connectivity index (χ1v) is 7.66. The van der Waals surface area contributed by atoms with Crippen LogP contribution in [0.4, 0.5) is 11.6 Å². The van der Waals surface area contributed by atoms with Gasteiger partial charge in [-0.25, -0.2) is 9.97 Å². The topological polar surface area (TPSA) is 54.2 Å². The molecule has 0 saturated carbocycles. The molecule has 2 heterocycles. The molecule has 0 spiro atoms. The predicted molar refractivity (Wildman–Crippen MR) is 84.4 cm³/mol. The molecule has 5 heteroatoms. The molecule has 0 aliphatic carbocycles. The Balaban J connectivity index is 2.03. The molecule has 0 unspecified atom stereocenters. The first kappa shape index (κ1) is 14.6. The van der Waals surface area contributed by atoms with Crippen LogP contribution >= 0.6 is 0 Å². The van der Waals surface area contributed by atoms with Crippen LogP contribution in [-0.4, -0.2) is 27.5 Å². The van der Waals surface area contributed by atoms with Gasteiger partial charge in [0, 0.05) is 25.5 Å². The Kier molecular flexibility index (Phi) is 5.65. The molecular weight excluding hydrogens is 250 g/mol. The fourth-order valence-electron chi connectivity index (χ4n) is 2.15. The van der Waals surface area contributed by atoms with Gasteiger partial charge in [0.15, 0.2) is 11.5 Å². The molecule has 2 aromatic rings. The van der Waals surface area contributed by atoms with E-state index in [0.717, 1.165) is 36.8 Å². The van der Waals surface area contributed by atoms with Crippen LogP contribution in [-0.2, 0) is 0 Å². The number of fused-ring (bicyclic) bond motifs is 1. The van der Waals surface area contributed by atoms with E-state index < -0.39 is 0 Å². The molecule has 0 fully saturated rings. The fourth-order valence-corrected chi connectivity index (χ4v) is 2.15. The molecule has 110 valence electrons. The van der Waals surface area contributed by atoms with Gasteiger partial charge in [0.25, 0.3) is 0 Å². The number of nitrogens with zero attached hydrogens (tertiary/aromatic N) is 3. The Morgan fingerprint density at radius 3 is 2.75 bits per heavy atom. The van der Waals surface area contributed by atoms with Crippen molar-refractivity contribution < 1.29 is 0 Å². The summed E-state index contributed by atoms with van der Waals surface area (Å²) in [5, 5.41) is 6.74. The molecule has 0 aromatic carbocycles. The van der Waals surface area contributed by atoms with E-state index in [-0.39, 0.29) is 0 Å². The molecular formula is C15H25N5. The summed E-state index contributed by atoms with van der Waals surface area (Å²) < 4.78 is 2.01. The zero-order valence-electron chi connectivity index (χ0n) is 12.5. The van der Waals surface area contributed by atoms with Crippen LogP contribution in [0.2, 0.25) is 0 Å². The predicted octanol–water partition coefficient (Wildman–Crippen LogP) is 3.54. The summed E-state index contributed by atoms with van der Waals surface area (Å²) in [6, 6.07) is 0. The van der Waals surface area contributed by atoms with Gasteiger partial charge in [-0.05, 0) is 12.8 Å². The normalized spacial score (nSPS) is 10.9. The minimum absolute atomic E-state index is 0.868. The quantitative estimate of drug-likeness (QED) is 0.687. The first-order chi connectivity index (χ1) is 9.85. The third kappa shape index (κ3) is 3.85. The molecule has 0 aliphatic rings. The van der Waals surface area contributed by atoms with E-state index >= 15 is 0 Å². The molecule has 0 amide bonds. The van der Waals surface area contributed by atoms with Crippen molar-refractivity contribution in [3.8, 4) is 0 Å². The maximum atomic E-state index is 4.62. The van der Waals surface area contributed by atoms with Crippen LogP contribution in [0, 0.1) is 0 Å². The van der Waals surface area contributed by atoms with Crippen molar-refractivity contribution >= 4 is 17.3 Å². The Hall–Kier alpha value is -1.78. The minimum Gasteiger partial charge on any atom is -0.369 e. The summed E-state index contributed by atoms with van der Waals surface area (Å²) in [7, 11) is 0. The number of rotatable bonds is 9. The standard InChI is InChI=1S/C15H25N5/c1-3-5-6-7-9-17-14-15-18-10-11-20(15)12-13(19-14)16-8-4-2/h10-12,16H,3-9H2,1-2H3,(H,17,19). The lowest BCUT2D eigenvalue weighted by Crippen LogP contribution is -2.09. The Bertz CT molecular complexity index is 520. The van der Waals surface area contributed by atoms with Gasteiger partial charge in [0.05, 0.1) is 6.20 Å². The van der Waals surface area contributed by atoms with Gasteiger partial charge in [-0.15, -0.1) is 0 Å². The van der Waals surface area contributed by atoms with Crippen LogP contribution in [0.15, 0.2) is 18.6 Å². The van der Waals surface area contributed by atoms with Gasteiger partial charge in [-0.2, -0.15) is 0 Å². The van der Waals surface area contributed by atoms with Crippen LogP contribution < -0.4 is 10.6 Å². The molecule has 0 atom stereocenters. The number of imidazole rings is 1. The maximum absolute atomic E-state index is 4.62. The second kappa shape index (κ2) is 7.72. The number of anilines is 2. The van der Waals surface area contributed by atoms with E-state index in [1.54, 1.807) is 0 Å². The average Bonchev–Trinajstić information content (AvgIpc) is 2.93. The van der Waals surface area contributed by atoms with Crippen molar-refractivity contribution in [2.75, 3.05) is 23.7 Å². The van der Waals surface area contributed by atoms with Crippen molar-refractivity contribution in [3.05, 3.63) is 18.6 Å². The molecule has 2 aromatic heterocycles. The van der Waals surface area contributed by atoms with E-state index in [2.05, 4.69) is 34.4 Å². The van der Waals surface area contributed by atoms with Gasteiger partial charge >= 0.3 is 0 Å². The maximum Gasteiger partial charge on any atom is 0.180 e. The highest BCUT2D eigenvalue weighted by molar-refractivity contribution is 5.65. The van der Waals surface area contributed by atoms with Crippen molar-refractivity contribution in [1.82, 2.24) is 14.4 Å². The minimum atomic E-state index is 0.868. The lowest BCUT2D eigenvalue weighted by atomic mass is 10.2. The van der Waals surface area contributed by atoms with Crippen LogP contribution in [0.25, 0.3) is 5.65 Å². The SMILES string of the molecule is CCCCCCNc1nc(NCCC)cn2ccnc12. The Labute approximate surface area is 120 Å². The summed E-state index contributed by atoms with van der Waals surface area (Å²) in [5.41, 5.74) is 0.891. The molecule has 0 radical (unpaired) electrons. The van der Waals surface area contributed by atoms with Crippen LogP contribution in [0.3, 0.4) is 0 Å². The molecule has 20 heavy (non-hydrogen) atoms. The number of nitrogens with one attached hydrogen (secondary N) is 2. The van der Waals surface area contributed by atoms with Gasteiger partial charge < -0.3 is 15.0 Å². The average molecular weight is 275 g/mol. The molecule has 0 bridgehead atoms. The van der Waals surface area contributed by atoms with Crippen LogP contribution in [0.5, 0.6) is 0 Å². The first-order valence-electron chi connectivity index (χ1n) is 7.66. The third-order valence-electron chi connectivity index (χ3n) is 3.25. The van der Waals surface area contributed by atoms with Gasteiger partial charge in [0.2, 0.25) is 0 Å². The molecule has 0 saturated heterocycles. The monoisotopic (exact) mass is 275 g/mol. The highest BCUT2D eigenvalue weighted by atomic mass is 15.1. The second-order valence-electron chi connectivity index (χ2n) is 5.05. The number of unbranched alkanes of at least 4 members (excludes halogenated alkanes) is 3. The fraction of sp³-hybridized carbons (Fsp3) is 0.600. The zero-order chi connectivity index (χ0) is 14.2. The highest BCUT2D eigenvalue weighted by Gasteiger charge is 2.06. The lowest BCUT2D eigenvalue weighted by molar-refractivity contribution is 0.684. The van der Waals surface area contributed by atoms with E-state index in [0.29, 0.717) is 0 Å². The summed E-state index contributed by atoms with van der Waals surface area (Å²) in [4.78, 5) is 8.99. The highest BCUT2D eigenvalue weighted by Crippen LogP contribution is 2.16. The Morgan fingerprint density at radius 2 is 1.95 bits per heavy atom. The van der Waals surface area contributed by atoms with Crippen LogP contribution in [0.1, 0.15) is 46.0 Å². The summed E-state index contributed by atoms with van der Waals surface area (Å²) in [5.74, 6) is 1.76. The van der Waals surface area contributed by atoms with E-state index in [9.17, 15) is 0 Å². The molecule has 2 rings (SSSR count). The second-order valence-corrected chi connectivity index (χ2v) is 5.05. The summed E-state index contributed by atoms with van der Waals surface area (Å²) in [6.45, 7) is 6.26. The Morgan fingerprint density at radius 1 is 1.05 bits per heavy atom.